The van der Waals surface area contributed by atoms with E-state index in [-0.39, 0.29) is 16.5 Å². The first-order chi connectivity index (χ1) is 9.79. The summed E-state index contributed by atoms with van der Waals surface area (Å²) in [6.45, 7) is 1.67. The first-order valence-electron chi connectivity index (χ1n) is 6.09. The van der Waals surface area contributed by atoms with Crippen molar-refractivity contribution >= 4 is 15.7 Å². The lowest BCUT2D eigenvalue weighted by Gasteiger charge is -2.14. The Hall–Kier alpha value is -2.22. The number of aromatic amines is 1. The molecule has 1 unspecified atom stereocenters. The van der Waals surface area contributed by atoms with Crippen LogP contribution in [0.4, 0.5) is 4.39 Å². The van der Waals surface area contributed by atoms with Gasteiger partial charge in [-0.05, 0) is 30.7 Å². The molecule has 21 heavy (non-hydrogen) atoms. The Morgan fingerprint density at radius 1 is 1.38 bits per heavy atom. The van der Waals surface area contributed by atoms with Gasteiger partial charge < -0.3 is 5.32 Å². The summed E-state index contributed by atoms with van der Waals surface area (Å²) in [5.41, 5.74) is 0.753. The van der Waals surface area contributed by atoms with Crippen LogP contribution in [0.15, 0.2) is 35.4 Å². The number of hydrogen-bond acceptors (Lipinski definition) is 4. The van der Waals surface area contributed by atoms with Crippen molar-refractivity contribution in [3.05, 3.63) is 47.5 Å². The fourth-order valence-corrected chi connectivity index (χ4v) is 2.56. The molecule has 0 bridgehead atoms. The summed E-state index contributed by atoms with van der Waals surface area (Å²) in [6, 6.07) is 4.80. The standard InChI is InChI=1S/C13H14FN3O3S/c1-8(16-13(18)11-5-6-15-17-11)9-3-4-12(10(14)7-9)21(2,19)20/h3-8H,1-2H3,(H,15,17)(H,16,18). The van der Waals surface area contributed by atoms with E-state index in [1.807, 2.05) is 0 Å². The second kappa shape index (κ2) is 5.65. The van der Waals surface area contributed by atoms with Gasteiger partial charge in [0, 0.05) is 12.5 Å². The lowest BCUT2D eigenvalue weighted by atomic mass is 10.1. The van der Waals surface area contributed by atoms with Crippen molar-refractivity contribution in [2.45, 2.75) is 17.9 Å². The third-order valence-corrected chi connectivity index (χ3v) is 4.08. The second-order valence-electron chi connectivity index (χ2n) is 4.63. The molecule has 2 rings (SSSR count). The summed E-state index contributed by atoms with van der Waals surface area (Å²) in [5, 5.41) is 8.84. The van der Waals surface area contributed by atoms with E-state index in [1.165, 1.54) is 24.4 Å². The van der Waals surface area contributed by atoms with Crippen LogP contribution in [0.3, 0.4) is 0 Å². The van der Waals surface area contributed by atoms with Crippen molar-refractivity contribution in [2.24, 2.45) is 0 Å². The van der Waals surface area contributed by atoms with Crippen molar-refractivity contribution in [1.29, 1.82) is 0 Å². The van der Waals surface area contributed by atoms with Gasteiger partial charge in [-0.15, -0.1) is 0 Å². The highest BCUT2D eigenvalue weighted by atomic mass is 32.2. The molecule has 6 nitrogen and oxygen atoms in total. The van der Waals surface area contributed by atoms with Gasteiger partial charge in [0.05, 0.1) is 6.04 Å². The monoisotopic (exact) mass is 311 g/mol. The predicted octanol–water partition coefficient (Wildman–Crippen LogP) is 1.44. The molecule has 112 valence electrons. The number of carbonyl (C=O) groups is 1. The summed E-state index contributed by atoms with van der Waals surface area (Å²) >= 11 is 0. The lowest BCUT2D eigenvalue weighted by molar-refractivity contribution is 0.0934. The molecular weight excluding hydrogens is 297 g/mol. The van der Waals surface area contributed by atoms with Gasteiger partial charge >= 0.3 is 0 Å². The Labute approximate surface area is 121 Å². The van der Waals surface area contributed by atoms with Crippen LogP contribution < -0.4 is 5.32 Å². The maximum absolute atomic E-state index is 13.8. The van der Waals surface area contributed by atoms with Crippen molar-refractivity contribution < 1.29 is 17.6 Å². The van der Waals surface area contributed by atoms with E-state index in [1.54, 1.807) is 6.92 Å². The number of rotatable bonds is 4. The van der Waals surface area contributed by atoms with E-state index in [4.69, 9.17) is 0 Å². The average molecular weight is 311 g/mol. The quantitative estimate of drug-likeness (QED) is 0.894. The van der Waals surface area contributed by atoms with E-state index in [0.29, 0.717) is 5.56 Å². The first kappa shape index (κ1) is 15.2. The molecule has 8 heteroatoms. The van der Waals surface area contributed by atoms with Crippen molar-refractivity contribution in [1.82, 2.24) is 15.5 Å². The summed E-state index contributed by atoms with van der Waals surface area (Å²) in [4.78, 5) is 11.5. The van der Waals surface area contributed by atoms with Crippen LogP contribution in [0.25, 0.3) is 0 Å². The molecule has 2 aromatic rings. The van der Waals surface area contributed by atoms with Crippen LogP contribution in [0, 0.1) is 5.82 Å². The number of benzene rings is 1. The minimum atomic E-state index is -3.61. The Balaban J connectivity index is 2.19. The smallest absolute Gasteiger partial charge is 0.269 e. The van der Waals surface area contributed by atoms with Gasteiger partial charge in [-0.25, -0.2) is 12.8 Å². The minimum Gasteiger partial charge on any atom is -0.344 e. The molecule has 0 aliphatic carbocycles. The zero-order valence-corrected chi connectivity index (χ0v) is 12.2. The van der Waals surface area contributed by atoms with Gasteiger partial charge in [-0.3, -0.25) is 9.89 Å². The molecule has 1 aromatic carbocycles. The van der Waals surface area contributed by atoms with Crippen LogP contribution >= 0.6 is 0 Å². The third kappa shape index (κ3) is 3.46. The zero-order valence-electron chi connectivity index (χ0n) is 11.4. The first-order valence-corrected chi connectivity index (χ1v) is 7.98. The number of aromatic nitrogens is 2. The number of sulfone groups is 1. The second-order valence-corrected chi connectivity index (χ2v) is 6.61. The normalized spacial score (nSPS) is 12.9. The van der Waals surface area contributed by atoms with Crippen LogP contribution in [0.5, 0.6) is 0 Å². The minimum absolute atomic E-state index is 0.287. The third-order valence-electron chi connectivity index (χ3n) is 2.95. The molecule has 1 amide bonds. The highest BCUT2D eigenvalue weighted by Crippen LogP contribution is 2.20. The Kier molecular flexibility index (Phi) is 4.08. The zero-order chi connectivity index (χ0) is 15.6. The SMILES string of the molecule is CC(NC(=O)c1ccn[nH]1)c1ccc(S(C)(=O)=O)c(F)c1. The maximum atomic E-state index is 13.8. The lowest BCUT2D eigenvalue weighted by Crippen LogP contribution is -2.27. The molecule has 0 fully saturated rings. The van der Waals surface area contributed by atoms with Crippen molar-refractivity contribution in [2.75, 3.05) is 6.26 Å². The van der Waals surface area contributed by atoms with E-state index in [0.717, 1.165) is 12.3 Å². The highest BCUT2D eigenvalue weighted by molar-refractivity contribution is 7.90. The van der Waals surface area contributed by atoms with Crippen LogP contribution in [0.1, 0.15) is 29.0 Å². The van der Waals surface area contributed by atoms with E-state index in [2.05, 4.69) is 15.5 Å². The fourth-order valence-electron chi connectivity index (χ4n) is 1.83. The molecule has 0 aliphatic rings. The molecule has 2 N–H and O–H groups in total. The van der Waals surface area contributed by atoms with E-state index < -0.39 is 21.7 Å². The predicted molar refractivity (Wildman–Crippen MR) is 74.0 cm³/mol. The number of amides is 1. The molecule has 0 spiro atoms. The number of hydrogen-bond donors (Lipinski definition) is 2. The highest BCUT2D eigenvalue weighted by Gasteiger charge is 2.17. The average Bonchev–Trinajstić information content (AvgIpc) is 2.90. The van der Waals surface area contributed by atoms with E-state index >= 15 is 0 Å². The summed E-state index contributed by atoms with van der Waals surface area (Å²) in [7, 11) is -3.61. The van der Waals surface area contributed by atoms with Gasteiger partial charge in [0.25, 0.3) is 5.91 Å². The summed E-state index contributed by atoms with van der Waals surface area (Å²) in [5.74, 6) is -1.22. The van der Waals surface area contributed by atoms with Crippen LogP contribution in [-0.2, 0) is 9.84 Å². The largest absolute Gasteiger partial charge is 0.344 e. The van der Waals surface area contributed by atoms with Gasteiger partial charge in [-0.2, -0.15) is 5.10 Å². The molecule has 0 saturated carbocycles. The van der Waals surface area contributed by atoms with Gasteiger partial charge in [0.2, 0.25) is 0 Å². The maximum Gasteiger partial charge on any atom is 0.269 e. The number of carbonyl (C=O) groups excluding carboxylic acids is 1. The molecule has 1 heterocycles. The van der Waals surface area contributed by atoms with Crippen molar-refractivity contribution in [3.63, 3.8) is 0 Å². The Bertz CT molecular complexity index is 757. The summed E-state index contributed by atoms with van der Waals surface area (Å²) in [6.07, 6.45) is 2.38. The molecule has 0 radical (unpaired) electrons. The van der Waals surface area contributed by atoms with Crippen LogP contribution in [-0.4, -0.2) is 30.8 Å². The molecule has 0 aliphatic heterocycles. The molecule has 0 saturated heterocycles. The van der Waals surface area contributed by atoms with E-state index in [9.17, 15) is 17.6 Å². The van der Waals surface area contributed by atoms with Crippen molar-refractivity contribution in [3.8, 4) is 0 Å². The van der Waals surface area contributed by atoms with Gasteiger partial charge in [0.1, 0.15) is 16.4 Å². The fraction of sp³-hybridized carbons (Fsp3) is 0.231. The topological polar surface area (TPSA) is 91.9 Å². The number of H-pyrrole nitrogens is 1. The molecule has 1 aromatic heterocycles. The van der Waals surface area contributed by atoms with Gasteiger partial charge in [-0.1, -0.05) is 6.07 Å². The Morgan fingerprint density at radius 3 is 2.62 bits per heavy atom. The number of halogens is 1. The Morgan fingerprint density at radius 2 is 2.10 bits per heavy atom. The van der Waals surface area contributed by atoms with Gasteiger partial charge in [0.15, 0.2) is 9.84 Å². The molecular formula is C13H14FN3O3S. The molecule has 1 atom stereocenters. The summed E-state index contributed by atoms with van der Waals surface area (Å²) < 4.78 is 36.5. The number of nitrogens with zero attached hydrogens (tertiary/aromatic N) is 1. The van der Waals surface area contributed by atoms with Crippen LogP contribution in [0.2, 0.25) is 0 Å². The number of nitrogens with one attached hydrogen (secondary N) is 2.